The summed E-state index contributed by atoms with van der Waals surface area (Å²) in [4.78, 5) is 0. The first-order valence-corrected chi connectivity index (χ1v) is 4.25. The molecule has 0 saturated heterocycles. The van der Waals surface area contributed by atoms with E-state index in [0.29, 0.717) is 12.3 Å². The van der Waals surface area contributed by atoms with Crippen molar-refractivity contribution in [2.75, 3.05) is 0 Å². The molecule has 2 nitrogen and oxygen atoms in total. The van der Waals surface area contributed by atoms with Crippen LogP contribution in [-0.2, 0) is 0 Å². The van der Waals surface area contributed by atoms with Gasteiger partial charge in [-0.25, -0.2) is 0 Å². The zero-order valence-electron chi connectivity index (χ0n) is 7.38. The minimum Gasteiger partial charge on any atom is -0.393 e. The molecule has 2 atom stereocenters. The molecule has 0 fully saturated rings. The molecule has 0 rings (SSSR count). The molecule has 0 heterocycles. The van der Waals surface area contributed by atoms with Crippen molar-refractivity contribution in [3.8, 4) is 6.07 Å². The lowest BCUT2D eigenvalue weighted by atomic mass is 9.98. The zero-order valence-corrected chi connectivity index (χ0v) is 7.38. The van der Waals surface area contributed by atoms with Gasteiger partial charge in [0.1, 0.15) is 0 Å². The van der Waals surface area contributed by atoms with E-state index >= 15 is 0 Å². The van der Waals surface area contributed by atoms with Gasteiger partial charge >= 0.3 is 0 Å². The first kappa shape index (κ1) is 10.4. The van der Waals surface area contributed by atoms with Crippen LogP contribution in [0, 0.1) is 17.2 Å². The van der Waals surface area contributed by atoms with Crippen molar-refractivity contribution in [3.05, 3.63) is 0 Å². The molecule has 0 aromatic heterocycles. The number of rotatable bonds is 5. The minimum atomic E-state index is -0.205. The molecule has 2 heteroatoms. The SMILES string of the molecule is CCCC(O)CC(C)CC#N. The van der Waals surface area contributed by atoms with E-state index in [1.54, 1.807) is 0 Å². The fourth-order valence-electron chi connectivity index (χ4n) is 1.15. The van der Waals surface area contributed by atoms with Gasteiger partial charge < -0.3 is 5.11 Å². The summed E-state index contributed by atoms with van der Waals surface area (Å²) in [5.41, 5.74) is 0. The fourth-order valence-corrected chi connectivity index (χ4v) is 1.15. The predicted octanol–water partition coefficient (Wildman–Crippen LogP) is 2.09. The number of aliphatic hydroxyl groups excluding tert-OH is 1. The standard InChI is InChI=1S/C9H17NO/c1-3-4-9(11)7-8(2)5-6-10/h8-9,11H,3-5,7H2,1-2H3. The van der Waals surface area contributed by atoms with Gasteiger partial charge in [0, 0.05) is 6.42 Å². The fraction of sp³-hybridized carbons (Fsp3) is 0.889. The third-order valence-electron chi connectivity index (χ3n) is 1.74. The number of nitrogens with zero attached hydrogens (tertiary/aromatic N) is 1. The molecule has 0 spiro atoms. The second-order valence-electron chi connectivity index (χ2n) is 3.15. The molecule has 1 N–H and O–H groups in total. The molecule has 64 valence electrons. The summed E-state index contributed by atoms with van der Waals surface area (Å²) >= 11 is 0. The molecule has 0 amide bonds. The topological polar surface area (TPSA) is 44.0 Å². The first-order chi connectivity index (χ1) is 5.20. The Kier molecular flexibility index (Phi) is 5.87. The van der Waals surface area contributed by atoms with Crippen LogP contribution in [0.4, 0.5) is 0 Å². The third-order valence-corrected chi connectivity index (χ3v) is 1.74. The summed E-state index contributed by atoms with van der Waals surface area (Å²) in [5.74, 6) is 0.335. The van der Waals surface area contributed by atoms with E-state index < -0.39 is 0 Å². The van der Waals surface area contributed by atoms with E-state index in [4.69, 9.17) is 5.26 Å². The van der Waals surface area contributed by atoms with Crippen LogP contribution in [0.3, 0.4) is 0 Å². The maximum absolute atomic E-state index is 9.34. The van der Waals surface area contributed by atoms with Crippen LogP contribution in [0.1, 0.15) is 39.5 Å². The van der Waals surface area contributed by atoms with Gasteiger partial charge in [-0.3, -0.25) is 0 Å². The van der Waals surface area contributed by atoms with E-state index in [-0.39, 0.29) is 6.10 Å². The summed E-state index contributed by atoms with van der Waals surface area (Å²) in [6.45, 7) is 4.06. The van der Waals surface area contributed by atoms with Crippen LogP contribution < -0.4 is 0 Å². The largest absolute Gasteiger partial charge is 0.393 e. The lowest BCUT2D eigenvalue weighted by Gasteiger charge is -2.12. The van der Waals surface area contributed by atoms with Crippen LogP contribution in [-0.4, -0.2) is 11.2 Å². The molecule has 0 aliphatic rings. The van der Waals surface area contributed by atoms with Gasteiger partial charge in [-0.1, -0.05) is 20.3 Å². The molecular formula is C9H17NO. The molecule has 0 saturated carbocycles. The molecule has 0 aromatic rings. The Balaban J connectivity index is 3.41. The molecule has 0 radical (unpaired) electrons. The van der Waals surface area contributed by atoms with Gasteiger partial charge in [-0.15, -0.1) is 0 Å². The smallest absolute Gasteiger partial charge is 0.0624 e. The predicted molar refractivity (Wildman–Crippen MR) is 44.9 cm³/mol. The van der Waals surface area contributed by atoms with E-state index in [0.717, 1.165) is 19.3 Å². The van der Waals surface area contributed by atoms with Crippen molar-refractivity contribution >= 4 is 0 Å². The van der Waals surface area contributed by atoms with Gasteiger partial charge in [0.05, 0.1) is 12.2 Å². The number of hydrogen-bond donors (Lipinski definition) is 1. The van der Waals surface area contributed by atoms with Crippen LogP contribution in [0.2, 0.25) is 0 Å². The van der Waals surface area contributed by atoms with Gasteiger partial charge in [0.25, 0.3) is 0 Å². The van der Waals surface area contributed by atoms with Crippen LogP contribution in [0.15, 0.2) is 0 Å². The summed E-state index contributed by atoms with van der Waals surface area (Å²) in [6.07, 6.45) is 2.99. The second-order valence-corrected chi connectivity index (χ2v) is 3.15. The third kappa shape index (κ3) is 5.87. The Morgan fingerprint density at radius 2 is 2.18 bits per heavy atom. The molecular weight excluding hydrogens is 138 g/mol. The Hall–Kier alpha value is -0.550. The highest BCUT2D eigenvalue weighted by Gasteiger charge is 2.08. The van der Waals surface area contributed by atoms with Gasteiger partial charge in [-0.2, -0.15) is 5.26 Å². The number of aliphatic hydroxyl groups is 1. The van der Waals surface area contributed by atoms with E-state index in [1.807, 2.05) is 6.92 Å². The second kappa shape index (κ2) is 6.18. The lowest BCUT2D eigenvalue weighted by Crippen LogP contribution is -2.10. The first-order valence-electron chi connectivity index (χ1n) is 4.25. The van der Waals surface area contributed by atoms with Crippen molar-refractivity contribution in [1.29, 1.82) is 5.26 Å². The normalized spacial score (nSPS) is 15.5. The molecule has 11 heavy (non-hydrogen) atoms. The maximum atomic E-state index is 9.34. The van der Waals surface area contributed by atoms with E-state index in [9.17, 15) is 5.11 Å². The summed E-state index contributed by atoms with van der Waals surface area (Å²) in [6, 6.07) is 2.10. The van der Waals surface area contributed by atoms with Crippen molar-refractivity contribution in [2.45, 2.75) is 45.6 Å². The minimum absolute atomic E-state index is 0.205. The quantitative estimate of drug-likeness (QED) is 0.660. The Morgan fingerprint density at radius 1 is 1.55 bits per heavy atom. The summed E-state index contributed by atoms with van der Waals surface area (Å²) in [5, 5.41) is 17.7. The highest BCUT2D eigenvalue weighted by Crippen LogP contribution is 2.12. The molecule has 2 unspecified atom stereocenters. The highest BCUT2D eigenvalue weighted by molar-refractivity contribution is 4.74. The van der Waals surface area contributed by atoms with Crippen LogP contribution >= 0.6 is 0 Å². The zero-order chi connectivity index (χ0) is 8.69. The molecule has 0 aliphatic heterocycles. The van der Waals surface area contributed by atoms with Crippen molar-refractivity contribution < 1.29 is 5.11 Å². The van der Waals surface area contributed by atoms with Gasteiger partial charge in [0.2, 0.25) is 0 Å². The van der Waals surface area contributed by atoms with Crippen molar-refractivity contribution in [3.63, 3.8) is 0 Å². The van der Waals surface area contributed by atoms with E-state index in [2.05, 4.69) is 13.0 Å². The van der Waals surface area contributed by atoms with Crippen LogP contribution in [0.5, 0.6) is 0 Å². The van der Waals surface area contributed by atoms with Gasteiger partial charge in [0.15, 0.2) is 0 Å². The highest BCUT2D eigenvalue weighted by atomic mass is 16.3. The number of hydrogen-bond acceptors (Lipinski definition) is 2. The number of nitriles is 1. The monoisotopic (exact) mass is 155 g/mol. The van der Waals surface area contributed by atoms with E-state index in [1.165, 1.54) is 0 Å². The lowest BCUT2D eigenvalue weighted by molar-refractivity contribution is 0.136. The summed E-state index contributed by atoms with van der Waals surface area (Å²) < 4.78 is 0. The molecule has 0 aromatic carbocycles. The Bertz CT molecular complexity index is 128. The molecule has 0 aliphatic carbocycles. The van der Waals surface area contributed by atoms with Crippen molar-refractivity contribution in [1.82, 2.24) is 0 Å². The van der Waals surface area contributed by atoms with Crippen molar-refractivity contribution in [2.24, 2.45) is 5.92 Å². The Morgan fingerprint density at radius 3 is 2.64 bits per heavy atom. The average Bonchev–Trinajstić information content (AvgIpc) is 1.87. The Labute approximate surface area is 68.8 Å². The van der Waals surface area contributed by atoms with Gasteiger partial charge in [-0.05, 0) is 18.8 Å². The molecule has 0 bridgehead atoms. The maximum Gasteiger partial charge on any atom is 0.0624 e. The average molecular weight is 155 g/mol. The summed E-state index contributed by atoms with van der Waals surface area (Å²) in [7, 11) is 0. The van der Waals surface area contributed by atoms with Crippen LogP contribution in [0.25, 0.3) is 0 Å².